The number of ether oxygens (including phenoxy) is 1. The van der Waals surface area contributed by atoms with Gasteiger partial charge >= 0.3 is 0 Å². The van der Waals surface area contributed by atoms with Crippen molar-refractivity contribution in [1.29, 1.82) is 5.26 Å². The zero-order valence-electron chi connectivity index (χ0n) is 15.5. The van der Waals surface area contributed by atoms with Crippen molar-refractivity contribution in [2.75, 3.05) is 24.3 Å². The second-order valence-electron chi connectivity index (χ2n) is 6.10. The van der Waals surface area contributed by atoms with E-state index in [2.05, 4.69) is 21.7 Å². The second kappa shape index (κ2) is 9.19. The van der Waals surface area contributed by atoms with Crippen LogP contribution in [0.5, 0.6) is 5.75 Å². The van der Waals surface area contributed by atoms with E-state index in [1.54, 1.807) is 43.6 Å². The van der Waals surface area contributed by atoms with Crippen LogP contribution in [0.3, 0.4) is 0 Å². The van der Waals surface area contributed by atoms with Crippen LogP contribution in [0.15, 0.2) is 67.0 Å². The van der Waals surface area contributed by atoms with Crippen molar-refractivity contribution in [2.24, 2.45) is 0 Å². The summed E-state index contributed by atoms with van der Waals surface area (Å²) in [4.78, 5) is 16.6. The molecule has 0 fully saturated rings. The van der Waals surface area contributed by atoms with Crippen LogP contribution in [0, 0.1) is 11.3 Å². The van der Waals surface area contributed by atoms with E-state index in [4.69, 9.17) is 10.00 Å². The van der Waals surface area contributed by atoms with Crippen molar-refractivity contribution < 1.29 is 9.53 Å². The van der Waals surface area contributed by atoms with Gasteiger partial charge in [-0.25, -0.2) is 0 Å². The van der Waals surface area contributed by atoms with Gasteiger partial charge in [0.25, 0.3) is 5.91 Å². The van der Waals surface area contributed by atoms with Crippen molar-refractivity contribution in [3.63, 3.8) is 0 Å². The summed E-state index contributed by atoms with van der Waals surface area (Å²) in [5, 5.41) is 15.2. The Hall–Kier alpha value is -3.85. The Balaban J connectivity index is 1.61. The molecule has 0 radical (unpaired) electrons. The van der Waals surface area contributed by atoms with Gasteiger partial charge in [-0.2, -0.15) is 5.26 Å². The highest BCUT2D eigenvalue weighted by atomic mass is 16.5. The molecule has 6 heteroatoms. The third kappa shape index (κ3) is 4.86. The molecule has 0 spiro atoms. The number of rotatable bonds is 7. The first-order chi connectivity index (χ1) is 13.7. The first-order valence-corrected chi connectivity index (χ1v) is 8.82. The lowest BCUT2D eigenvalue weighted by Crippen LogP contribution is -2.14. The van der Waals surface area contributed by atoms with E-state index in [9.17, 15) is 4.79 Å². The van der Waals surface area contributed by atoms with E-state index in [0.717, 1.165) is 23.4 Å². The minimum atomic E-state index is -0.313. The van der Waals surface area contributed by atoms with Gasteiger partial charge in [-0.15, -0.1) is 0 Å². The average Bonchev–Trinajstić information content (AvgIpc) is 2.74. The quantitative estimate of drug-likeness (QED) is 0.657. The predicted molar refractivity (Wildman–Crippen MR) is 109 cm³/mol. The lowest BCUT2D eigenvalue weighted by atomic mass is 10.1. The maximum atomic E-state index is 12.5. The van der Waals surface area contributed by atoms with Gasteiger partial charge in [0.05, 0.1) is 29.6 Å². The normalized spacial score (nSPS) is 10.0. The third-order valence-corrected chi connectivity index (χ3v) is 4.17. The molecule has 0 aliphatic heterocycles. The molecular formula is C22H20N4O2. The molecule has 0 saturated carbocycles. The zero-order chi connectivity index (χ0) is 19.8. The Morgan fingerprint density at radius 2 is 2.00 bits per heavy atom. The molecule has 1 aromatic heterocycles. The van der Waals surface area contributed by atoms with Gasteiger partial charge in [-0.3, -0.25) is 9.78 Å². The predicted octanol–water partition coefficient (Wildman–Crippen LogP) is 3.87. The number of nitriles is 1. The number of anilines is 2. The average molecular weight is 372 g/mol. The number of amides is 1. The number of benzene rings is 2. The first-order valence-electron chi connectivity index (χ1n) is 8.82. The number of hydrogen-bond acceptors (Lipinski definition) is 5. The van der Waals surface area contributed by atoms with Crippen molar-refractivity contribution in [3.05, 3.63) is 83.7 Å². The largest absolute Gasteiger partial charge is 0.497 e. The van der Waals surface area contributed by atoms with Crippen molar-refractivity contribution in [3.8, 4) is 11.8 Å². The van der Waals surface area contributed by atoms with Crippen LogP contribution in [0.1, 0.15) is 21.5 Å². The standard InChI is InChI=1S/C22H20N4O2/c1-28-20-7-4-5-16(11-20)9-10-25-19-12-18(14-24-15-19)22(27)26-21-8-3-2-6-17(21)13-23/h2-8,11-12,14-15,25H,9-10H2,1H3,(H,26,27). The molecule has 1 heterocycles. The van der Waals surface area contributed by atoms with Crippen LogP contribution in [-0.2, 0) is 6.42 Å². The van der Waals surface area contributed by atoms with E-state index in [-0.39, 0.29) is 5.91 Å². The second-order valence-corrected chi connectivity index (χ2v) is 6.10. The molecule has 3 aromatic rings. The molecule has 0 bridgehead atoms. The van der Waals surface area contributed by atoms with E-state index < -0.39 is 0 Å². The maximum Gasteiger partial charge on any atom is 0.257 e. The lowest BCUT2D eigenvalue weighted by Gasteiger charge is -2.10. The van der Waals surface area contributed by atoms with Crippen LogP contribution in [0.4, 0.5) is 11.4 Å². The summed E-state index contributed by atoms with van der Waals surface area (Å²) in [7, 11) is 1.65. The number of nitrogens with one attached hydrogen (secondary N) is 2. The fourth-order valence-corrected chi connectivity index (χ4v) is 2.72. The van der Waals surface area contributed by atoms with Gasteiger partial charge < -0.3 is 15.4 Å². The Kier molecular flexibility index (Phi) is 6.21. The summed E-state index contributed by atoms with van der Waals surface area (Å²) in [5.41, 5.74) is 3.22. The van der Waals surface area contributed by atoms with Gasteiger partial charge in [0.1, 0.15) is 11.8 Å². The first kappa shape index (κ1) is 18.9. The highest BCUT2D eigenvalue weighted by Gasteiger charge is 2.10. The molecule has 140 valence electrons. The third-order valence-electron chi connectivity index (χ3n) is 4.17. The summed E-state index contributed by atoms with van der Waals surface area (Å²) in [6, 6.07) is 18.6. The molecule has 0 atom stereocenters. The fraction of sp³-hybridized carbons (Fsp3) is 0.136. The number of methoxy groups -OCH3 is 1. The summed E-state index contributed by atoms with van der Waals surface area (Å²) < 4.78 is 5.23. The molecular weight excluding hydrogens is 352 g/mol. The van der Waals surface area contributed by atoms with Crippen LogP contribution in [0.2, 0.25) is 0 Å². The van der Waals surface area contributed by atoms with E-state index in [1.165, 1.54) is 6.20 Å². The molecule has 28 heavy (non-hydrogen) atoms. The fourth-order valence-electron chi connectivity index (χ4n) is 2.72. The Morgan fingerprint density at radius 3 is 2.82 bits per heavy atom. The lowest BCUT2D eigenvalue weighted by molar-refractivity contribution is 0.102. The van der Waals surface area contributed by atoms with Crippen molar-refractivity contribution >= 4 is 17.3 Å². The Labute approximate surface area is 163 Å². The van der Waals surface area contributed by atoms with Crippen LogP contribution in [-0.4, -0.2) is 24.5 Å². The van der Waals surface area contributed by atoms with Gasteiger partial charge in [0.15, 0.2) is 0 Å². The number of carbonyl (C=O) groups excluding carboxylic acids is 1. The molecule has 0 aliphatic carbocycles. The van der Waals surface area contributed by atoms with Crippen LogP contribution < -0.4 is 15.4 Å². The zero-order valence-corrected chi connectivity index (χ0v) is 15.5. The maximum absolute atomic E-state index is 12.5. The smallest absolute Gasteiger partial charge is 0.257 e. The summed E-state index contributed by atoms with van der Waals surface area (Å²) in [6.07, 6.45) is 3.98. The summed E-state index contributed by atoms with van der Waals surface area (Å²) in [5.74, 6) is 0.516. The summed E-state index contributed by atoms with van der Waals surface area (Å²) in [6.45, 7) is 0.692. The number of para-hydroxylation sites is 1. The highest BCUT2D eigenvalue weighted by Crippen LogP contribution is 2.17. The van der Waals surface area contributed by atoms with Crippen molar-refractivity contribution in [1.82, 2.24) is 4.98 Å². The topological polar surface area (TPSA) is 87.0 Å². The van der Waals surface area contributed by atoms with E-state index in [1.807, 2.05) is 24.3 Å². The Bertz CT molecular complexity index is 1010. The number of pyridine rings is 1. The molecule has 6 nitrogen and oxygen atoms in total. The molecule has 0 saturated heterocycles. The SMILES string of the molecule is COc1cccc(CCNc2cncc(C(=O)Nc3ccccc3C#N)c2)c1. The molecule has 1 amide bonds. The minimum absolute atomic E-state index is 0.313. The highest BCUT2D eigenvalue weighted by molar-refractivity contribution is 6.05. The van der Waals surface area contributed by atoms with E-state index in [0.29, 0.717) is 23.4 Å². The Morgan fingerprint density at radius 1 is 1.14 bits per heavy atom. The van der Waals surface area contributed by atoms with E-state index >= 15 is 0 Å². The molecule has 0 unspecified atom stereocenters. The van der Waals surface area contributed by atoms with Crippen molar-refractivity contribution in [2.45, 2.75) is 6.42 Å². The number of nitrogens with zero attached hydrogens (tertiary/aromatic N) is 2. The van der Waals surface area contributed by atoms with Crippen LogP contribution in [0.25, 0.3) is 0 Å². The van der Waals surface area contributed by atoms with Gasteiger partial charge in [0, 0.05) is 18.9 Å². The summed E-state index contributed by atoms with van der Waals surface area (Å²) >= 11 is 0. The van der Waals surface area contributed by atoms with Gasteiger partial charge in [0.2, 0.25) is 0 Å². The molecule has 2 N–H and O–H groups in total. The van der Waals surface area contributed by atoms with Gasteiger partial charge in [-0.1, -0.05) is 24.3 Å². The molecule has 2 aromatic carbocycles. The van der Waals surface area contributed by atoms with Crippen LogP contribution >= 0.6 is 0 Å². The monoisotopic (exact) mass is 372 g/mol. The number of carbonyl (C=O) groups is 1. The number of aromatic nitrogens is 1. The van der Waals surface area contributed by atoms with Gasteiger partial charge in [-0.05, 0) is 42.3 Å². The minimum Gasteiger partial charge on any atom is -0.497 e. The number of hydrogen-bond donors (Lipinski definition) is 2. The molecule has 0 aliphatic rings. The molecule has 3 rings (SSSR count).